The quantitative estimate of drug-likeness (QED) is 0.823. The third-order valence-electron chi connectivity index (χ3n) is 4.25. The number of nitrogens with two attached hydrogens (primary N) is 1. The highest BCUT2D eigenvalue weighted by Crippen LogP contribution is 2.35. The lowest BCUT2D eigenvalue weighted by molar-refractivity contribution is 0.123. The van der Waals surface area contributed by atoms with Crippen molar-refractivity contribution in [2.24, 2.45) is 11.7 Å². The fraction of sp³-hybridized carbons (Fsp3) is 0.647. The molecule has 3 heteroatoms. The molecular weight excluding hydrogens is 251 g/mol. The van der Waals surface area contributed by atoms with Crippen molar-refractivity contribution in [1.29, 1.82) is 0 Å². The molecule has 2 rings (SSSR count). The first-order valence-corrected chi connectivity index (χ1v) is 7.79. The van der Waals surface area contributed by atoms with Crippen LogP contribution in [0.1, 0.15) is 51.6 Å². The zero-order valence-corrected chi connectivity index (χ0v) is 12.8. The van der Waals surface area contributed by atoms with E-state index in [1.807, 2.05) is 6.07 Å². The van der Waals surface area contributed by atoms with Crippen LogP contribution in [0.2, 0.25) is 0 Å². The molecule has 2 nitrogen and oxygen atoms in total. The molecular formula is C17H27FN2. The van der Waals surface area contributed by atoms with Gasteiger partial charge in [-0.1, -0.05) is 19.1 Å². The fourth-order valence-electron chi connectivity index (χ4n) is 2.84. The normalized spacial score (nSPS) is 18.6. The smallest absolute Gasteiger partial charge is 0.123 e. The second-order valence-electron chi connectivity index (χ2n) is 6.31. The molecule has 0 spiro atoms. The first-order chi connectivity index (χ1) is 9.52. The van der Waals surface area contributed by atoms with Gasteiger partial charge in [0.15, 0.2) is 0 Å². The maximum Gasteiger partial charge on any atom is 0.123 e. The molecule has 20 heavy (non-hydrogen) atoms. The summed E-state index contributed by atoms with van der Waals surface area (Å²) >= 11 is 0. The monoisotopic (exact) mass is 278 g/mol. The van der Waals surface area contributed by atoms with Gasteiger partial charge in [-0.05, 0) is 56.7 Å². The Bertz CT molecular complexity index is 429. The van der Waals surface area contributed by atoms with Crippen molar-refractivity contribution in [3.8, 4) is 0 Å². The molecule has 0 amide bonds. The summed E-state index contributed by atoms with van der Waals surface area (Å²) in [6.07, 6.45) is 3.54. The zero-order chi connectivity index (χ0) is 14.7. The van der Waals surface area contributed by atoms with Gasteiger partial charge in [-0.25, -0.2) is 4.39 Å². The van der Waals surface area contributed by atoms with Crippen LogP contribution in [0.3, 0.4) is 0 Å². The van der Waals surface area contributed by atoms with E-state index < -0.39 is 0 Å². The van der Waals surface area contributed by atoms with E-state index in [0.29, 0.717) is 6.04 Å². The first-order valence-electron chi connectivity index (χ1n) is 7.79. The minimum Gasteiger partial charge on any atom is -0.326 e. The van der Waals surface area contributed by atoms with E-state index in [1.165, 1.54) is 18.9 Å². The second-order valence-corrected chi connectivity index (χ2v) is 6.31. The van der Waals surface area contributed by atoms with Crippen LogP contribution in [-0.2, 0) is 0 Å². The Kier molecular flexibility index (Phi) is 5.17. The lowest BCUT2D eigenvalue weighted by atomic mass is 9.94. The van der Waals surface area contributed by atoms with Gasteiger partial charge < -0.3 is 5.73 Å². The van der Waals surface area contributed by atoms with Gasteiger partial charge in [-0.15, -0.1) is 0 Å². The predicted molar refractivity (Wildman–Crippen MR) is 82.0 cm³/mol. The average molecular weight is 278 g/mol. The summed E-state index contributed by atoms with van der Waals surface area (Å²) in [5.41, 5.74) is 7.38. The first kappa shape index (κ1) is 15.5. The van der Waals surface area contributed by atoms with Crippen molar-refractivity contribution >= 4 is 0 Å². The Labute approximate surface area is 122 Å². The highest BCUT2D eigenvalue weighted by Gasteiger charge is 2.32. The van der Waals surface area contributed by atoms with E-state index in [9.17, 15) is 4.39 Å². The lowest BCUT2D eigenvalue weighted by Crippen LogP contribution is -2.45. The molecule has 0 aromatic heterocycles. The largest absolute Gasteiger partial charge is 0.326 e. The van der Waals surface area contributed by atoms with Crippen LogP contribution in [0.25, 0.3) is 0 Å². The molecule has 0 bridgehead atoms. The van der Waals surface area contributed by atoms with Crippen LogP contribution in [0.4, 0.5) is 4.39 Å². The van der Waals surface area contributed by atoms with Crippen molar-refractivity contribution in [2.75, 3.05) is 6.54 Å². The van der Waals surface area contributed by atoms with Crippen LogP contribution in [0, 0.1) is 11.7 Å². The molecule has 1 aliphatic carbocycles. The van der Waals surface area contributed by atoms with Crippen molar-refractivity contribution in [1.82, 2.24) is 4.90 Å². The Balaban J connectivity index is 2.28. The summed E-state index contributed by atoms with van der Waals surface area (Å²) in [6.45, 7) is 7.59. The van der Waals surface area contributed by atoms with Crippen LogP contribution < -0.4 is 5.73 Å². The van der Waals surface area contributed by atoms with E-state index in [-0.39, 0.29) is 17.9 Å². The van der Waals surface area contributed by atoms with E-state index in [1.54, 1.807) is 12.1 Å². The average Bonchev–Trinajstić information content (AvgIpc) is 3.21. The van der Waals surface area contributed by atoms with Gasteiger partial charge in [0.05, 0.1) is 6.04 Å². The van der Waals surface area contributed by atoms with Crippen LogP contribution >= 0.6 is 0 Å². The van der Waals surface area contributed by atoms with Gasteiger partial charge >= 0.3 is 0 Å². The molecule has 1 aromatic rings. The van der Waals surface area contributed by atoms with Crippen molar-refractivity contribution < 1.29 is 4.39 Å². The molecule has 1 fully saturated rings. The number of hydrogen-bond acceptors (Lipinski definition) is 2. The van der Waals surface area contributed by atoms with Crippen LogP contribution in [-0.4, -0.2) is 23.5 Å². The Hall–Kier alpha value is -0.930. The van der Waals surface area contributed by atoms with Crippen LogP contribution in [0.15, 0.2) is 24.3 Å². The van der Waals surface area contributed by atoms with E-state index in [0.717, 1.165) is 24.4 Å². The van der Waals surface area contributed by atoms with Crippen molar-refractivity contribution in [3.05, 3.63) is 35.6 Å². The van der Waals surface area contributed by atoms with E-state index >= 15 is 0 Å². The molecule has 0 radical (unpaired) electrons. The standard InChI is InChI=1S/C17H27FN2/c1-4-16(19)17(14-6-5-7-15(18)10-14)20(12(2)3)11-13-8-9-13/h5-7,10,12-13,16-17H,4,8-9,11,19H2,1-3H3. The van der Waals surface area contributed by atoms with Gasteiger partial charge in [-0.3, -0.25) is 4.90 Å². The topological polar surface area (TPSA) is 29.3 Å². The third kappa shape index (κ3) is 3.80. The Morgan fingerprint density at radius 1 is 1.35 bits per heavy atom. The minimum absolute atomic E-state index is 0.0398. The third-order valence-corrected chi connectivity index (χ3v) is 4.25. The molecule has 1 saturated carbocycles. The molecule has 1 aromatic carbocycles. The summed E-state index contributed by atoms with van der Waals surface area (Å²) in [5, 5.41) is 0. The molecule has 2 N–H and O–H groups in total. The highest BCUT2D eigenvalue weighted by atomic mass is 19.1. The lowest BCUT2D eigenvalue weighted by Gasteiger charge is -2.38. The maximum absolute atomic E-state index is 13.6. The number of halogens is 1. The Morgan fingerprint density at radius 3 is 2.55 bits per heavy atom. The molecule has 0 aliphatic heterocycles. The molecule has 2 atom stereocenters. The van der Waals surface area contributed by atoms with Gasteiger partial charge in [0.25, 0.3) is 0 Å². The van der Waals surface area contributed by atoms with Gasteiger partial charge in [0.1, 0.15) is 5.82 Å². The predicted octanol–water partition coefficient (Wildman–Crippen LogP) is 3.72. The second kappa shape index (κ2) is 6.68. The summed E-state index contributed by atoms with van der Waals surface area (Å²) < 4.78 is 13.6. The zero-order valence-electron chi connectivity index (χ0n) is 12.8. The molecule has 1 aliphatic rings. The van der Waals surface area contributed by atoms with Gasteiger partial charge in [0, 0.05) is 18.6 Å². The number of hydrogen-bond donors (Lipinski definition) is 1. The molecule has 0 heterocycles. The van der Waals surface area contributed by atoms with Crippen LogP contribution in [0.5, 0.6) is 0 Å². The maximum atomic E-state index is 13.6. The summed E-state index contributed by atoms with van der Waals surface area (Å²) in [7, 11) is 0. The minimum atomic E-state index is -0.175. The van der Waals surface area contributed by atoms with E-state index in [2.05, 4.69) is 25.7 Å². The number of nitrogens with zero attached hydrogens (tertiary/aromatic N) is 1. The fourth-order valence-corrected chi connectivity index (χ4v) is 2.84. The molecule has 112 valence electrons. The molecule has 2 unspecified atom stereocenters. The van der Waals surface area contributed by atoms with E-state index in [4.69, 9.17) is 5.73 Å². The highest BCUT2D eigenvalue weighted by molar-refractivity contribution is 5.22. The van der Waals surface area contributed by atoms with Gasteiger partial charge in [-0.2, -0.15) is 0 Å². The summed E-state index contributed by atoms with van der Waals surface area (Å²) in [4.78, 5) is 2.46. The number of rotatable bonds is 7. The number of benzene rings is 1. The molecule has 0 saturated heterocycles. The Morgan fingerprint density at radius 2 is 2.05 bits per heavy atom. The summed E-state index contributed by atoms with van der Waals surface area (Å²) in [6, 6.07) is 7.50. The van der Waals surface area contributed by atoms with Gasteiger partial charge in [0.2, 0.25) is 0 Å². The van der Waals surface area contributed by atoms with Crippen molar-refractivity contribution in [2.45, 2.75) is 58.2 Å². The van der Waals surface area contributed by atoms with Crippen molar-refractivity contribution in [3.63, 3.8) is 0 Å². The summed E-state index contributed by atoms with van der Waals surface area (Å²) in [5.74, 6) is 0.628. The SMILES string of the molecule is CCC(N)C(c1cccc(F)c1)N(CC1CC1)C(C)C.